The van der Waals surface area contributed by atoms with Crippen LogP contribution in [0, 0.1) is 11.3 Å². The van der Waals surface area contributed by atoms with Gasteiger partial charge in [0.15, 0.2) is 0 Å². The Hall–Kier alpha value is -2.10. The first kappa shape index (κ1) is 14.9. The zero-order chi connectivity index (χ0) is 13.3. The third-order valence-corrected chi connectivity index (χ3v) is 2.05. The highest BCUT2D eigenvalue weighted by Crippen LogP contribution is 1.87. The number of carbonyl (C=O) groups excluding carboxylic acids is 3. The second-order valence-electron chi connectivity index (χ2n) is 3.09. The van der Waals surface area contributed by atoms with Gasteiger partial charge in [-0.3, -0.25) is 14.4 Å². The number of amides is 3. The van der Waals surface area contributed by atoms with Crippen molar-refractivity contribution >= 4 is 17.7 Å². The summed E-state index contributed by atoms with van der Waals surface area (Å²) in [5, 5.41) is 12.5. The van der Waals surface area contributed by atoms with E-state index in [2.05, 4.69) is 10.6 Å². The van der Waals surface area contributed by atoms with Crippen LogP contribution in [-0.2, 0) is 14.4 Å². The standard InChI is InChI=1S/C10H16N4O3/c1-3-14(4-2)8(15)7-13-10(17)9(16)12-6-5-11/h3-4,6-7H2,1-2H3,(H,12,16)(H,13,17). The lowest BCUT2D eigenvalue weighted by Gasteiger charge is -2.18. The Balaban J connectivity index is 4.03. The molecule has 0 aliphatic carbocycles. The molecule has 0 aromatic rings. The highest BCUT2D eigenvalue weighted by Gasteiger charge is 2.15. The maximum Gasteiger partial charge on any atom is 0.310 e. The van der Waals surface area contributed by atoms with Crippen LogP contribution in [0.15, 0.2) is 0 Å². The molecule has 0 aromatic heterocycles. The molecule has 0 aromatic carbocycles. The molecule has 7 nitrogen and oxygen atoms in total. The topological polar surface area (TPSA) is 102 Å². The zero-order valence-corrected chi connectivity index (χ0v) is 9.95. The van der Waals surface area contributed by atoms with Gasteiger partial charge in [0.1, 0.15) is 6.54 Å². The van der Waals surface area contributed by atoms with Gasteiger partial charge in [0, 0.05) is 13.1 Å². The number of rotatable bonds is 5. The molecule has 0 aliphatic heterocycles. The van der Waals surface area contributed by atoms with Crippen molar-refractivity contribution in [3.63, 3.8) is 0 Å². The maximum atomic E-state index is 11.5. The number of carbonyl (C=O) groups is 3. The molecule has 0 aliphatic rings. The van der Waals surface area contributed by atoms with Crippen molar-refractivity contribution in [2.24, 2.45) is 0 Å². The number of nitriles is 1. The summed E-state index contributed by atoms with van der Waals surface area (Å²) in [4.78, 5) is 35.2. The summed E-state index contributed by atoms with van der Waals surface area (Å²) in [5.74, 6) is -2.09. The average Bonchev–Trinajstić information content (AvgIpc) is 2.34. The summed E-state index contributed by atoms with van der Waals surface area (Å²) in [6.07, 6.45) is 0. The number of hydrogen-bond acceptors (Lipinski definition) is 4. The van der Waals surface area contributed by atoms with Crippen LogP contribution < -0.4 is 10.6 Å². The second kappa shape index (κ2) is 8.10. The third-order valence-electron chi connectivity index (χ3n) is 2.05. The molecule has 0 saturated heterocycles. The summed E-state index contributed by atoms with van der Waals surface area (Å²) in [7, 11) is 0. The van der Waals surface area contributed by atoms with E-state index < -0.39 is 11.8 Å². The van der Waals surface area contributed by atoms with Crippen molar-refractivity contribution in [3.05, 3.63) is 0 Å². The van der Waals surface area contributed by atoms with Crippen molar-refractivity contribution in [2.45, 2.75) is 13.8 Å². The quantitative estimate of drug-likeness (QED) is 0.456. The predicted molar refractivity (Wildman–Crippen MR) is 59.6 cm³/mol. The molecule has 2 N–H and O–H groups in total. The molecule has 0 radical (unpaired) electrons. The fraction of sp³-hybridized carbons (Fsp3) is 0.600. The largest absolute Gasteiger partial charge is 0.342 e. The van der Waals surface area contributed by atoms with E-state index in [1.165, 1.54) is 4.90 Å². The average molecular weight is 240 g/mol. The molecule has 0 atom stereocenters. The summed E-state index contributed by atoms with van der Waals surface area (Å²) in [6.45, 7) is 4.28. The lowest BCUT2D eigenvalue weighted by Crippen LogP contribution is -2.45. The van der Waals surface area contributed by atoms with E-state index in [1.807, 2.05) is 13.8 Å². The van der Waals surface area contributed by atoms with E-state index in [4.69, 9.17) is 5.26 Å². The molecule has 94 valence electrons. The monoisotopic (exact) mass is 240 g/mol. The van der Waals surface area contributed by atoms with E-state index in [1.54, 1.807) is 6.07 Å². The van der Waals surface area contributed by atoms with Crippen molar-refractivity contribution in [3.8, 4) is 6.07 Å². The first-order valence-electron chi connectivity index (χ1n) is 5.27. The Morgan fingerprint density at radius 2 is 1.65 bits per heavy atom. The van der Waals surface area contributed by atoms with Gasteiger partial charge in [-0.05, 0) is 13.8 Å². The van der Waals surface area contributed by atoms with Gasteiger partial charge in [0.05, 0.1) is 12.6 Å². The summed E-state index contributed by atoms with van der Waals surface area (Å²) < 4.78 is 0. The van der Waals surface area contributed by atoms with E-state index >= 15 is 0 Å². The number of nitrogens with one attached hydrogen (secondary N) is 2. The lowest BCUT2D eigenvalue weighted by atomic mass is 10.4. The van der Waals surface area contributed by atoms with Gasteiger partial charge < -0.3 is 15.5 Å². The van der Waals surface area contributed by atoms with Gasteiger partial charge in [-0.15, -0.1) is 0 Å². The van der Waals surface area contributed by atoms with Gasteiger partial charge in [-0.2, -0.15) is 5.26 Å². The van der Waals surface area contributed by atoms with Gasteiger partial charge in [-0.25, -0.2) is 0 Å². The van der Waals surface area contributed by atoms with Crippen molar-refractivity contribution in [1.82, 2.24) is 15.5 Å². The van der Waals surface area contributed by atoms with Crippen molar-refractivity contribution in [1.29, 1.82) is 5.26 Å². The smallest absolute Gasteiger partial charge is 0.310 e. The van der Waals surface area contributed by atoms with E-state index in [0.717, 1.165) is 0 Å². The molecule has 0 heterocycles. The lowest BCUT2D eigenvalue weighted by molar-refractivity contribution is -0.140. The normalized spacial score (nSPS) is 9.00. The number of likely N-dealkylation sites (N-methyl/N-ethyl adjacent to an activating group) is 1. The first-order chi connectivity index (χ1) is 8.06. The zero-order valence-electron chi connectivity index (χ0n) is 9.95. The van der Waals surface area contributed by atoms with E-state index in [9.17, 15) is 14.4 Å². The van der Waals surface area contributed by atoms with Crippen LogP contribution in [0.25, 0.3) is 0 Å². The van der Waals surface area contributed by atoms with Gasteiger partial charge in [0.2, 0.25) is 5.91 Å². The highest BCUT2D eigenvalue weighted by atomic mass is 16.2. The van der Waals surface area contributed by atoms with Crippen LogP contribution in [0.5, 0.6) is 0 Å². The first-order valence-corrected chi connectivity index (χ1v) is 5.27. The minimum atomic E-state index is -0.918. The van der Waals surface area contributed by atoms with E-state index in [0.29, 0.717) is 13.1 Å². The molecule has 0 unspecified atom stereocenters. The molecule has 0 bridgehead atoms. The molecule has 0 fully saturated rings. The Morgan fingerprint density at radius 1 is 1.12 bits per heavy atom. The molecular formula is C10H16N4O3. The predicted octanol–water partition coefficient (Wildman–Crippen LogP) is -1.39. The Kier molecular flexibility index (Phi) is 7.10. The van der Waals surface area contributed by atoms with Gasteiger partial charge >= 0.3 is 11.8 Å². The van der Waals surface area contributed by atoms with Crippen LogP contribution in [0.2, 0.25) is 0 Å². The summed E-state index contributed by atoms with van der Waals surface area (Å²) in [6, 6.07) is 1.67. The second-order valence-corrected chi connectivity index (χ2v) is 3.09. The van der Waals surface area contributed by atoms with Crippen LogP contribution in [0.4, 0.5) is 0 Å². The van der Waals surface area contributed by atoms with Crippen LogP contribution in [0.3, 0.4) is 0 Å². The van der Waals surface area contributed by atoms with Crippen LogP contribution in [-0.4, -0.2) is 48.8 Å². The SMILES string of the molecule is CCN(CC)C(=O)CNC(=O)C(=O)NCC#N. The molecular weight excluding hydrogens is 224 g/mol. The summed E-state index contributed by atoms with van der Waals surface area (Å²) in [5.41, 5.74) is 0. The van der Waals surface area contributed by atoms with Crippen LogP contribution in [0.1, 0.15) is 13.8 Å². The molecule has 17 heavy (non-hydrogen) atoms. The Bertz CT molecular complexity index is 331. The fourth-order valence-corrected chi connectivity index (χ4v) is 1.12. The minimum absolute atomic E-state index is 0.222. The van der Waals surface area contributed by atoms with Crippen molar-refractivity contribution < 1.29 is 14.4 Å². The maximum absolute atomic E-state index is 11.5. The molecule has 0 spiro atoms. The Morgan fingerprint density at radius 3 is 2.12 bits per heavy atom. The third kappa shape index (κ3) is 5.51. The van der Waals surface area contributed by atoms with Crippen molar-refractivity contribution in [2.75, 3.05) is 26.2 Å². The number of hydrogen-bond donors (Lipinski definition) is 2. The minimum Gasteiger partial charge on any atom is -0.342 e. The summed E-state index contributed by atoms with van der Waals surface area (Å²) >= 11 is 0. The van der Waals surface area contributed by atoms with Crippen LogP contribution >= 0.6 is 0 Å². The molecule has 7 heteroatoms. The fourth-order valence-electron chi connectivity index (χ4n) is 1.12. The molecule has 0 rings (SSSR count). The number of nitrogens with zero attached hydrogens (tertiary/aromatic N) is 2. The van der Waals surface area contributed by atoms with Gasteiger partial charge in [0.25, 0.3) is 0 Å². The molecule has 3 amide bonds. The van der Waals surface area contributed by atoms with Gasteiger partial charge in [-0.1, -0.05) is 0 Å². The highest BCUT2D eigenvalue weighted by molar-refractivity contribution is 6.35. The molecule has 0 saturated carbocycles. The van der Waals surface area contributed by atoms with E-state index in [-0.39, 0.29) is 19.0 Å². The Labute approximate surface area is 99.8 Å².